The van der Waals surface area contributed by atoms with Gasteiger partial charge >= 0.3 is 0 Å². The number of halogens is 1. The highest BCUT2D eigenvalue weighted by Crippen LogP contribution is 2.22. The Kier molecular flexibility index (Phi) is 6.45. The van der Waals surface area contributed by atoms with Gasteiger partial charge in [-0.25, -0.2) is 13.1 Å². The van der Waals surface area contributed by atoms with Crippen LogP contribution >= 0.6 is 11.6 Å². The minimum Gasteiger partial charge on any atom is -0.379 e. The molecule has 1 amide bonds. The molecule has 1 fully saturated rings. The summed E-state index contributed by atoms with van der Waals surface area (Å²) in [5, 5.41) is 2.94. The van der Waals surface area contributed by atoms with E-state index in [-0.39, 0.29) is 26.9 Å². The van der Waals surface area contributed by atoms with Crippen LogP contribution in [0.25, 0.3) is 0 Å². The average molecular weight is 390 g/mol. The van der Waals surface area contributed by atoms with Crippen LogP contribution in [-0.2, 0) is 14.8 Å². The zero-order chi connectivity index (χ0) is 18.7. The third-order valence-corrected chi connectivity index (χ3v) is 6.20. The number of nitrogens with one attached hydrogen (secondary N) is 2. The molecule has 0 aliphatic carbocycles. The summed E-state index contributed by atoms with van der Waals surface area (Å²) >= 11 is 5.95. The van der Waals surface area contributed by atoms with Gasteiger partial charge in [0.1, 0.15) is 4.90 Å². The van der Waals surface area contributed by atoms with E-state index in [4.69, 9.17) is 16.3 Å². The van der Waals surface area contributed by atoms with Crippen LogP contribution in [0.4, 0.5) is 0 Å². The molecule has 2 N–H and O–H groups in total. The van der Waals surface area contributed by atoms with Crippen molar-refractivity contribution < 1.29 is 17.9 Å². The van der Waals surface area contributed by atoms with E-state index in [1.165, 1.54) is 25.2 Å². The smallest absolute Gasteiger partial charge is 0.251 e. The quantitative estimate of drug-likeness (QED) is 0.760. The fourth-order valence-corrected chi connectivity index (χ4v) is 3.89. The van der Waals surface area contributed by atoms with Crippen LogP contribution < -0.4 is 10.0 Å². The van der Waals surface area contributed by atoms with Crippen LogP contribution in [0.15, 0.2) is 23.1 Å². The summed E-state index contributed by atoms with van der Waals surface area (Å²) in [4.78, 5) is 14.6. The standard InChI is InChI=1S/C16H24ClN3O4S/c1-16(2,20-6-8-24-9-7-20)11-19-15(21)12-4-5-13(17)14(10-12)25(22,23)18-3/h4-5,10,18H,6-9,11H2,1-3H3,(H,19,21). The molecule has 0 spiro atoms. The first-order valence-electron chi connectivity index (χ1n) is 8.01. The molecule has 0 unspecified atom stereocenters. The number of carbonyl (C=O) groups is 1. The highest BCUT2D eigenvalue weighted by molar-refractivity contribution is 7.89. The first-order valence-corrected chi connectivity index (χ1v) is 9.87. The van der Waals surface area contributed by atoms with Crippen LogP contribution in [0.2, 0.25) is 5.02 Å². The number of ether oxygens (including phenoxy) is 1. The van der Waals surface area contributed by atoms with Crippen molar-refractivity contribution in [1.29, 1.82) is 0 Å². The molecule has 0 bridgehead atoms. The SMILES string of the molecule is CNS(=O)(=O)c1cc(C(=O)NCC(C)(C)N2CCOCC2)ccc1Cl. The molecule has 1 aromatic carbocycles. The summed E-state index contributed by atoms with van der Waals surface area (Å²) in [5.41, 5.74) is 0.0159. The van der Waals surface area contributed by atoms with Gasteiger partial charge < -0.3 is 10.1 Å². The molecule has 1 saturated heterocycles. The average Bonchev–Trinajstić information content (AvgIpc) is 2.60. The number of morpholine rings is 1. The molecular weight excluding hydrogens is 366 g/mol. The first kappa shape index (κ1) is 20.1. The fourth-order valence-electron chi connectivity index (χ4n) is 2.64. The Hall–Kier alpha value is -1.19. The van der Waals surface area contributed by atoms with Crippen molar-refractivity contribution in [2.75, 3.05) is 39.9 Å². The number of amides is 1. The van der Waals surface area contributed by atoms with Crippen molar-refractivity contribution >= 4 is 27.5 Å². The number of hydrogen-bond donors (Lipinski definition) is 2. The van der Waals surface area contributed by atoms with Crippen LogP contribution in [0.3, 0.4) is 0 Å². The second-order valence-electron chi connectivity index (χ2n) is 6.45. The maximum atomic E-state index is 12.4. The molecule has 0 saturated carbocycles. The molecule has 0 atom stereocenters. The Morgan fingerprint density at radius 1 is 1.32 bits per heavy atom. The van der Waals surface area contributed by atoms with Gasteiger partial charge in [0.2, 0.25) is 10.0 Å². The molecule has 0 radical (unpaired) electrons. The predicted molar refractivity (Wildman–Crippen MR) is 96.5 cm³/mol. The molecule has 1 aliphatic heterocycles. The van der Waals surface area contributed by atoms with Crippen LogP contribution in [0.1, 0.15) is 24.2 Å². The van der Waals surface area contributed by atoms with E-state index in [9.17, 15) is 13.2 Å². The van der Waals surface area contributed by atoms with Gasteiger partial charge in [-0.1, -0.05) is 11.6 Å². The van der Waals surface area contributed by atoms with Crippen molar-refractivity contribution in [3.05, 3.63) is 28.8 Å². The van der Waals surface area contributed by atoms with E-state index < -0.39 is 10.0 Å². The van der Waals surface area contributed by atoms with Gasteiger partial charge in [-0.15, -0.1) is 0 Å². The van der Waals surface area contributed by atoms with Gasteiger partial charge in [0.25, 0.3) is 5.91 Å². The van der Waals surface area contributed by atoms with Gasteiger partial charge in [0.15, 0.2) is 0 Å². The Morgan fingerprint density at radius 2 is 1.96 bits per heavy atom. The second-order valence-corrected chi connectivity index (χ2v) is 8.71. The molecule has 140 valence electrons. The highest BCUT2D eigenvalue weighted by atomic mass is 35.5. The van der Waals surface area contributed by atoms with Crippen molar-refractivity contribution in [3.63, 3.8) is 0 Å². The molecule has 9 heteroatoms. The van der Waals surface area contributed by atoms with E-state index >= 15 is 0 Å². The molecule has 0 aromatic heterocycles. The Bertz CT molecular complexity index is 731. The Balaban J connectivity index is 2.09. The minimum absolute atomic E-state index is 0.0690. The zero-order valence-electron chi connectivity index (χ0n) is 14.6. The van der Waals surface area contributed by atoms with Crippen LogP contribution in [0, 0.1) is 0 Å². The third-order valence-electron chi connectivity index (χ3n) is 4.30. The Labute approximate surface area is 153 Å². The van der Waals surface area contributed by atoms with E-state index in [1.807, 2.05) is 0 Å². The van der Waals surface area contributed by atoms with Gasteiger partial charge in [-0.3, -0.25) is 9.69 Å². The number of hydrogen-bond acceptors (Lipinski definition) is 5. The molecule has 2 rings (SSSR count). The summed E-state index contributed by atoms with van der Waals surface area (Å²) in [6, 6.07) is 4.20. The number of sulfonamides is 1. The molecular formula is C16H24ClN3O4S. The van der Waals surface area contributed by atoms with E-state index in [2.05, 4.69) is 28.8 Å². The van der Waals surface area contributed by atoms with Gasteiger partial charge in [0.05, 0.1) is 18.2 Å². The molecule has 25 heavy (non-hydrogen) atoms. The van der Waals surface area contributed by atoms with Gasteiger partial charge in [-0.2, -0.15) is 0 Å². The lowest BCUT2D eigenvalue weighted by atomic mass is 10.0. The largest absolute Gasteiger partial charge is 0.379 e. The van der Waals surface area contributed by atoms with Crippen LogP contribution in [-0.4, -0.2) is 64.7 Å². The predicted octanol–water partition coefficient (Wildman–Crippen LogP) is 1.09. The summed E-state index contributed by atoms with van der Waals surface area (Å²) in [5.74, 6) is -0.342. The number of nitrogens with zero attached hydrogens (tertiary/aromatic N) is 1. The molecule has 7 nitrogen and oxygen atoms in total. The summed E-state index contributed by atoms with van der Waals surface area (Å²) in [6.45, 7) is 7.53. The number of benzene rings is 1. The van der Waals surface area contributed by atoms with Crippen LogP contribution in [0.5, 0.6) is 0 Å². The maximum absolute atomic E-state index is 12.4. The van der Waals surface area contributed by atoms with E-state index in [0.29, 0.717) is 19.8 Å². The van der Waals surface area contributed by atoms with E-state index in [0.717, 1.165) is 13.1 Å². The molecule has 1 aromatic rings. The lowest BCUT2D eigenvalue weighted by molar-refractivity contribution is -0.00923. The fraction of sp³-hybridized carbons (Fsp3) is 0.562. The van der Waals surface area contributed by atoms with Crippen molar-refractivity contribution in [3.8, 4) is 0 Å². The topological polar surface area (TPSA) is 87.7 Å². The third kappa shape index (κ3) is 4.92. The van der Waals surface area contributed by atoms with Gasteiger partial charge in [-0.05, 0) is 39.1 Å². The lowest BCUT2D eigenvalue weighted by Crippen LogP contribution is -2.55. The molecule has 1 heterocycles. The molecule has 1 aliphatic rings. The van der Waals surface area contributed by atoms with E-state index in [1.54, 1.807) is 0 Å². The normalized spacial score (nSPS) is 16.6. The van der Waals surface area contributed by atoms with Crippen molar-refractivity contribution in [1.82, 2.24) is 14.9 Å². The second kappa shape index (κ2) is 8.01. The highest BCUT2D eigenvalue weighted by Gasteiger charge is 2.29. The van der Waals surface area contributed by atoms with Gasteiger partial charge in [0, 0.05) is 30.7 Å². The zero-order valence-corrected chi connectivity index (χ0v) is 16.2. The summed E-state index contributed by atoms with van der Waals surface area (Å²) < 4.78 is 31.5. The first-order chi connectivity index (χ1) is 11.7. The van der Waals surface area contributed by atoms with Crippen molar-refractivity contribution in [2.45, 2.75) is 24.3 Å². The summed E-state index contributed by atoms with van der Waals surface area (Å²) in [7, 11) is -2.43. The number of carbonyl (C=O) groups excluding carboxylic acids is 1. The number of rotatable bonds is 6. The van der Waals surface area contributed by atoms with Crippen molar-refractivity contribution in [2.24, 2.45) is 0 Å². The monoisotopic (exact) mass is 389 g/mol. The summed E-state index contributed by atoms with van der Waals surface area (Å²) in [6.07, 6.45) is 0. The Morgan fingerprint density at radius 3 is 2.56 bits per heavy atom. The lowest BCUT2D eigenvalue weighted by Gasteiger charge is -2.40. The maximum Gasteiger partial charge on any atom is 0.251 e. The minimum atomic E-state index is -3.73.